The number of esters is 2. The van der Waals surface area contributed by atoms with E-state index in [4.69, 9.17) is 37.9 Å². The zero-order valence-corrected chi connectivity index (χ0v) is 19.9. The number of hydrogen-bond donors (Lipinski definition) is 0. The molecule has 0 N–H and O–H groups in total. The lowest BCUT2D eigenvalue weighted by Crippen LogP contribution is -2.17. The molecule has 0 aromatic heterocycles. The molecule has 0 unspecified atom stereocenters. The van der Waals surface area contributed by atoms with Crippen molar-refractivity contribution in [2.24, 2.45) is 0 Å². The lowest BCUT2D eigenvalue weighted by molar-refractivity contribution is 0.0459. The third-order valence-corrected chi connectivity index (χ3v) is 5.53. The highest BCUT2D eigenvalue weighted by molar-refractivity contribution is 6.19. The molecule has 0 aliphatic carbocycles. The zero-order valence-electron chi connectivity index (χ0n) is 19.9. The topological polar surface area (TPSA) is 108 Å². The van der Waals surface area contributed by atoms with Crippen LogP contribution in [0.3, 0.4) is 0 Å². The molecule has 3 aromatic carbocycles. The third kappa shape index (κ3) is 4.12. The lowest BCUT2D eigenvalue weighted by Gasteiger charge is -2.21. The van der Waals surface area contributed by atoms with Gasteiger partial charge in [0.1, 0.15) is 11.3 Å². The number of methoxy groups -OCH3 is 5. The summed E-state index contributed by atoms with van der Waals surface area (Å²) in [5.74, 6) is 0.365. The van der Waals surface area contributed by atoms with Crippen LogP contribution >= 0.6 is 0 Å². The van der Waals surface area contributed by atoms with Crippen molar-refractivity contribution >= 4 is 22.7 Å². The van der Waals surface area contributed by atoms with Crippen LogP contribution in [0.15, 0.2) is 30.3 Å². The molecular weight excluding hydrogens is 460 g/mol. The molecule has 0 saturated heterocycles. The van der Waals surface area contributed by atoms with Crippen molar-refractivity contribution in [2.45, 2.75) is 0 Å². The van der Waals surface area contributed by atoms with Crippen molar-refractivity contribution in [2.75, 3.05) is 49.1 Å². The van der Waals surface area contributed by atoms with E-state index in [1.54, 1.807) is 30.3 Å². The van der Waals surface area contributed by atoms with Gasteiger partial charge in [0.2, 0.25) is 6.79 Å². The van der Waals surface area contributed by atoms with Crippen molar-refractivity contribution in [3.63, 3.8) is 0 Å². The van der Waals surface area contributed by atoms with E-state index >= 15 is 0 Å². The number of carbonyl (C=O) groups excluding carboxylic acids is 2. The van der Waals surface area contributed by atoms with Crippen molar-refractivity contribution < 1.29 is 47.5 Å². The summed E-state index contributed by atoms with van der Waals surface area (Å²) in [5, 5.41) is 1.02. The summed E-state index contributed by atoms with van der Waals surface area (Å²) in [4.78, 5) is 26.3. The highest BCUT2D eigenvalue weighted by atomic mass is 16.7. The molecule has 0 radical (unpaired) electrons. The summed E-state index contributed by atoms with van der Waals surface area (Å²) in [7, 11) is 6.89. The number of ether oxygens (including phenoxy) is 8. The van der Waals surface area contributed by atoms with E-state index in [2.05, 4.69) is 0 Å². The second-order valence-electron chi connectivity index (χ2n) is 7.31. The van der Waals surface area contributed by atoms with E-state index in [1.807, 2.05) is 0 Å². The smallest absolute Gasteiger partial charge is 0.342 e. The maximum absolute atomic E-state index is 13.2. The highest BCUT2D eigenvalue weighted by Gasteiger charge is 2.33. The Morgan fingerprint density at radius 3 is 2.03 bits per heavy atom. The molecule has 0 fully saturated rings. The standard InChI is InChI=1S/C25H24O10/c1-28-11-35-23-15-10-19-18(33-12-34-19)9-14(15)20(13-6-7-16(29-2)17(8-13)30-3)21(24(26)31-4)22(23)25(27)32-5/h6-10H,11-12H2,1-5H3. The van der Waals surface area contributed by atoms with E-state index in [9.17, 15) is 9.59 Å². The predicted molar refractivity (Wildman–Crippen MR) is 124 cm³/mol. The van der Waals surface area contributed by atoms with Gasteiger partial charge in [-0.2, -0.15) is 0 Å². The van der Waals surface area contributed by atoms with E-state index in [-0.39, 0.29) is 30.5 Å². The van der Waals surface area contributed by atoms with Gasteiger partial charge < -0.3 is 37.9 Å². The molecule has 35 heavy (non-hydrogen) atoms. The van der Waals surface area contributed by atoms with Crippen molar-refractivity contribution in [1.29, 1.82) is 0 Å². The average molecular weight is 484 g/mol. The Bertz CT molecular complexity index is 1300. The molecule has 184 valence electrons. The van der Waals surface area contributed by atoms with Gasteiger partial charge >= 0.3 is 11.9 Å². The van der Waals surface area contributed by atoms with Gasteiger partial charge in [-0.3, -0.25) is 0 Å². The molecule has 4 rings (SSSR count). The second kappa shape index (κ2) is 9.98. The van der Waals surface area contributed by atoms with E-state index in [0.717, 1.165) is 0 Å². The Morgan fingerprint density at radius 1 is 0.800 bits per heavy atom. The van der Waals surface area contributed by atoms with Crippen LogP contribution in [0.5, 0.6) is 28.7 Å². The Morgan fingerprint density at radius 2 is 1.43 bits per heavy atom. The first-order valence-corrected chi connectivity index (χ1v) is 10.4. The van der Waals surface area contributed by atoms with E-state index in [1.165, 1.54) is 35.5 Å². The zero-order chi connectivity index (χ0) is 25.1. The van der Waals surface area contributed by atoms with Crippen LogP contribution in [0.4, 0.5) is 0 Å². The number of rotatable bonds is 8. The van der Waals surface area contributed by atoms with Gasteiger partial charge in [-0.1, -0.05) is 6.07 Å². The van der Waals surface area contributed by atoms with Gasteiger partial charge in [-0.15, -0.1) is 0 Å². The molecule has 0 amide bonds. The summed E-state index contributed by atoms with van der Waals surface area (Å²) < 4.78 is 43.0. The van der Waals surface area contributed by atoms with Gasteiger partial charge in [0.25, 0.3) is 0 Å². The number of benzene rings is 3. The molecule has 0 bridgehead atoms. The summed E-state index contributed by atoms with van der Waals surface area (Å²) in [6, 6.07) is 8.53. The first-order valence-electron chi connectivity index (χ1n) is 10.4. The fraction of sp³-hybridized carbons (Fsp3) is 0.280. The quantitative estimate of drug-likeness (QED) is 0.346. The molecule has 3 aromatic rings. The number of hydrogen-bond acceptors (Lipinski definition) is 10. The average Bonchev–Trinajstić information content (AvgIpc) is 3.36. The highest BCUT2D eigenvalue weighted by Crippen LogP contribution is 2.48. The lowest BCUT2D eigenvalue weighted by atomic mass is 9.88. The Labute approximate surface area is 201 Å². The maximum atomic E-state index is 13.2. The van der Waals surface area contributed by atoms with Crippen LogP contribution in [0.25, 0.3) is 21.9 Å². The van der Waals surface area contributed by atoms with Crippen LogP contribution < -0.4 is 23.7 Å². The molecule has 0 atom stereocenters. The Balaban J connectivity index is 2.21. The minimum Gasteiger partial charge on any atom is -0.493 e. The fourth-order valence-corrected chi connectivity index (χ4v) is 4.01. The van der Waals surface area contributed by atoms with Crippen LogP contribution in [0.1, 0.15) is 20.7 Å². The summed E-state index contributed by atoms with van der Waals surface area (Å²) in [6.45, 7) is -0.164. The van der Waals surface area contributed by atoms with Crippen molar-refractivity contribution in [3.05, 3.63) is 41.5 Å². The van der Waals surface area contributed by atoms with Crippen LogP contribution in [-0.4, -0.2) is 61.1 Å². The minimum absolute atomic E-state index is 0.0271. The molecule has 1 aliphatic rings. The first kappa shape index (κ1) is 24.0. The number of carbonyl (C=O) groups is 2. The molecule has 1 heterocycles. The van der Waals surface area contributed by atoms with Gasteiger partial charge in [0.05, 0.1) is 34.0 Å². The maximum Gasteiger partial charge on any atom is 0.342 e. The van der Waals surface area contributed by atoms with Gasteiger partial charge in [0.15, 0.2) is 29.8 Å². The van der Waals surface area contributed by atoms with Crippen LogP contribution in [0.2, 0.25) is 0 Å². The summed E-state index contributed by atoms with van der Waals surface area (Å²) in [5.41, 5.74) is 0.767. The summed E-state index contributed by atoms with van der Waals surface area (Å²) in [6.07, 6.45) is 0. The summed E-state index contributed by atoms with van der Waals surface area (Å²) >= 11 is 0. The third-order valence-electron chi connectivity index (χ3n) is 5.53. The molecule has 0 saturated carbocycles. The molecule has 10 nitrogen and oxygen atoms in total. The van der Waals surface area contributed by atoms with Gasteiger partial charge in [-0.25, -0.2) is 9.59 Å². The first-order chi connectivity index (χ1) is 17.0. The Kier molecular flexibility index (Phi) is 6.83. The molecular formula is C25H24O10. The molecule has 0 spiro atoms. The second-order valence-corrected chi connectivity index (χ2v) is 7.31. The Hall–Kier alpha value is -4.18. The molecule has 10 heteroatoms. The van der Waals surface area contributed by atoms with Crippen molar-refractivity contribution in [1.82, 2.24) is 0 Å². The van der Waals surface area contributed by atoms with Gasteiger partial charge in [0, 0.05) is 18.1 Å². The van der Waals surface area contributed by atoms with E-state index < -0.39 is 11.9 Å². The van der Waals surface area contributed by atoms with Crippen LogP contribution in [0, 0.1) is 0 Å². The molecule has 1 aliphatic heterocycles. The normalized spacial score (nSPS) is 11.8. The minimum atomic E-state index is -0.794. The monoisotopic (exact) mass is 484 g/mol. The predicted octanol–water partition coefficient (Wildman–Crippen LogP) is 3.81. The fourth-order valence-electron chi connectivity index (χ4n) is 4.01. The van der Waals surface area contributed by atoms with Crippen LogP contribution in [-0.2, 0) is 14.2 Å². The van der Waals surface area contributed by atoms with E-state index in [0.29, 0.717) is 44.9 Å². The SMILES string of the molecule is COCOc1c(C(=O)OC)c(C(=O)OC)c(-c2ccc(OC)c(OC)c2)c2cc3c(cc12)OCO3. The number of fused-ring (bicyclic) bond motifs is 2. The largest absolute Gasteiger partial charge is 0.493 e. The van der Waals surface area contributed by atoms with Gasteiger partial charge in [-0.05, 0) is 35.2 Å². The van der Waals surface area contributed by atoms with Crippen molar-refractivity contribution in [3.8, 4) is 39.9 Å².